The number of hydrogen-bond donors (Lipinski definition) is 2. The first kappa shape index (κ1) is 17.5. The zero-order valence-corrected chi connectivity index (χ0v) is 14.6. The number of carbonyl (C=O) groups excluding carboxylic acids is 1. The molecular formula is C19H20N2O3S. The molecule has 3 rings (SSSR count). The van der Waals surface area contributed by atoms with Gasteiger partial charge in [0.2, 0.25) is 5.91 Å². The van der Waals surface area contributed by atoms with Crippen LogP contribution in [-0.2, 0) is 9.59 Å². The van der Waals surface area contributed by atoms with Gasteiger partial charge in [-0.2, -0.15) is 0 Å². The van der Waals surface area contributed by atoms with Crippen LogP contribution in [-0.4, -0.2) is 27.4 Å². The van der Waals surface area contributed by atoms with Crippen molar-refractivity contribution < 1.29 is 14.7 Å². The van der Waals surface area contributed by atoms with E-state index in [4.69, 9.17) is 5.11 Å². The van der Waals surface area contributed by atoms with Crippen molar-refractivity contribution in [2.45, 2.75) is 37.4 Å². The maximum absolute atomic E-state index is 12.1. The Morgan fingerprint density at radius 2 is 1.92 bits per heavy atom. The van der Waals surface area contributed by atoms with Crippen molar-refractivity contribution in [3.8, 4) is 0 Å². The first-order valence-electron chi connectivity index (χ1n) is 8.38. The lowest BCUT2D eigenvalue weighted by Gasteiger charge is -2.04. The maximum Gasteiger partial charge on any atom is 0.303 e. The van der Waals surface area contributed by atoms with Crippen LogP contribution in [0, 0.1) is 0 Å². The average Bonchev–Trinajstić information content (AvgIpc) is 2.93. The van der Waals surface area contributed by atoms with Gasteiger partial charge in [0.15, 0.2) is 5.17 Å². The lowest BCUT2D eigenvalue weighted by atomic mass is 10.1. The molecular weight excluding hydrogens is 336 g/mol. The van der Waals surface area contributed by atoms with E-state index in [1.807, 2.05) is 36.4 Å². The molecule has 25 heavy (non-hydrogen) atoms. The Balaban J connectivity index is 1.57. The van der Waals surface area contributed by atoms with E-state index >= 15 is 0 Å². The summed E-state index contributed by atoms with van der Waals surface area (Å²) in [6.07, 6.45) is 3.27. The molecule has 1 unspecified atom stereocenters. The molecule has 2 aromatic rings. The minimum Gasteiger partial charge on any atom is -0.481 e. The van der Waals surface area contributed by atoms with E-state index in [0.717, 1.165) is 35.7 Å². The summed E-state index contributed by atoms with van der Waals surface area (Å²) in [6.45, 7) is 0. The lowest BCUT2D eigenvalue weighted by molar-refractivity contribution is -0.137. The molecule has 1 saturated heterocycles. The summed E-state index contributed by atoms with van der Waals surface area (Å²) in [5.41, 5.74) is 0.823. The monoisotopic (exact) mass is 356 g/mol. The summed E-state index contributed by atoms with van der Waals surface area (Å²) in [5, 5.41) is 14.2. The van der Waals surface area contributed by atoms with Gasteiger partial charge in [-0.05, 0) is 35.7 Å². The molecule has 1 aliphatic heterocycles. The number of rotatable bonds is 7. The summed E-state index contributed by atoms with van der Waals surface area (Å²) in [7, 11) is 0. The fourth-order valence-corrected chi connectivity index (χ4v) is 3.83. The number of nitrogens with one attached hydrogen (secondary N) is 1. The van der Waals surface area contributed by atoms with E-state index in [9.17, 15) is 9.59 Å². The number of amides is 1. The third kappa shape index (κ3) is 4.82. The first-order valence-corrected chi connectivity index (χ1v) is 9.26. The molecule has 0 aromatic heterocycles. The normalized spacial score (nSPS) is 18.6. The molecule has 1 heterocycles. The van der Waals surface area contributed by atoms with Crippen LogP contribution in [0.1, 0.15) is 32.1 Å². The molecule has 1 aliphatic rings. The minimum atomic E-state index is -0.766. The maximum atomic E-state index is 12.1. The average molecular weight is 356 g/mol. The SMILES string of the molecule is O=C(O)CCCCCC1SC(=Nc2ccc3ccccc3c2)NC1=O. The number of hydrogen-bond acceptors (Lipinski definition) is 4. The van der Waals surface area contributed by atoms with Gasteiger partial charge < -0.3 is 10.4 Å². The molecule has 0 radical (unpaired) electrons. The molecule has 130 valence electrons. The second-order valence-corrected chi connectivity index (χ2v) is 7.23. The molecule has 1 amide bonds. The van der Waals surface area contributed by atoms with Gasteiger partial charge in [-0.1, -0.05) is 54.9 Å². The van der Waals surface area contributed by atoms with Gasteiger partial charge in [0.1, 0.15) is 0 Å². The van der Waals surface area contributed by atoms with Gasteiger partial charge in [-0.25, -0.2) is 4.99 Å². The Hall–Kier alpha value is -2.34. The number of carbonyl (C=O) groups is 2. The van der Waals surface area contributed by atoms with Gasteiger partial charge in [0.05, 0.1) is 10.9 Å². The fraction of sp³-hybridized carbons (Fsp3) is 0.316. The third-order valence-electron chi connectivity index (χ3n) is 4.10. The Labute approximate surface area is 150 Å². The molecule has 5 nitrogen and oxygen atoms in total. The van der Waals surface area contributed by atoms with Gasteiger partial charge in [-0.15, -0.1) is 0 Å². The van der Waals surface area contributed by atoms with Crippen LogP contribution in [0.2, 0.25) is 0 Å². The number of carboxylic acid groups (broad SMARTS) is 1. The number of nitrogens with zero attached hydrogens (tertiary/aromatic N) is 1. The molecule has 1 fully saturated rings. The highest BCUT2D eigenvalue weighted by Gasteiger charge is 2.29. The smallest absolute Gasteiger partial charge is 0.303 e. The Morgan fingerprint density at radius 1 is 1.12 bits per heavy atom. The minimum absolute atomic E-state index is 0.0113. The lowest BCUT2D eigenvalue weighted by Crippen LogP contribution is -2.24. The molecule has 0 saturated carbocycles. The van der Waals surface area contributed by atoms with Gasteiger partial charge in [0, 0.05) is 6.42 Å². The number of amidine groups is 1. The van der Waals surface area contributed by atoms with Gasteiger partial charge >= 0.3 is 5.97 Å². The van der Waals surface area contributed by atoms with E-state index in [2.05, 4.69) is 16.4 Å². The molecule has 2 aromatic carbocycles. The first-order chi connectivity index (χ1) is 12.1. The summed E-state index contributed by atoms with van der Waals surface area (Å²) in [4.78, 5) is 27.1. The predicted molar refractivity (Wildman–Crippen MR) is 101 cm³/mol. The van der Waals surface area contributed by atoms with Crippen LogP contribution in [0.25, 0.3) is 10.8 Å². The quantitative estimate of drug-likeness (QED) is 0.732. The molecule has 0 bridgehead atoms. The predicted octanol–water partition coefficient (Wildman–Crippen LogP) is 4.09. The standard InChI is InChI=1S/C19H20N2O3S/c22-17(23)9-3-1-2-8-16-18(24)21-19(25-16)20-15-11-10-13-6-4-5-7-14(13)12-15/h4-7,10-12,16H,1-3,8-9H2,(H,22,23)(H,20,21,24). The number of carboxylic acids is 1. The van der Waals surface area contributed by atoms with Crippen molar-refractivity contribution >= 4 is 45.3 Å². The van der Waals surface area contributed by atoms with Crippen LogP contribution in [0.3, 0.4) is 0 Å². The van der Waals surface area contributed by atoms with Crippen LogP contribution < -0.4 is 5.32 Å². The van der Waals surface area contributed by atoms with Crippen LogP contribution in [0.5, 0.6) is 0 Å². The van der Waals surface area contributed by atoms with Crippen molar-refractivity contribution in [3.63, 3.8) is 0 Å². The van der Waals surface area contributed by atoms with Crippen molar-refractivity contribution in [2.24, 2.45) is 4.99 Å². The highest BCUT2D eigenvalue weighted by Crippen LogP contribution is 2.28. The number of fused-ring (bicyclic) bond motifs is 1. The van der Waals surface area contributed by atoms with Crippen LogP contribution in [0.15, 0.2) is 47.5 Å². The fourth-order valence-electron chi connectivity index (χ4n) is 2.79. The number of aliphatic carboxylic acids is 1. The van der Waals surface area contributed by atoms with E-state index in [1.165, 1.54) is 11.8 Å². The Morgan fingerprint density at radius 3 is 2.72 bits per heavy atom. The van der Waals surface area contributed by atoms with E-state index in [1.54, 1.807) is 0 Å². The number of aliphatic imine (C=N–C) groups is 1. The van der Waals surface area contributed by atoms with Crippen LogP contribution >= 0.6 is 11.8 Å². The van der Waals surface area contributed by atoms with Crippen molar-refractivity contribution in [1.29, 1.82) is 0 Å². The highest BCUT2D eigenvalue weighted by atomic mass is 32.2. The second-order valence-electron chi connectivity index (χ2n) is 6.04. The summed E-state index contributed by atoms with van der Waals surface area (Å²) >= 11 is 1.46. The molecule has 2 N–H and O–H groups in total. The van der Waals surface area contributed by atoms with E-state index < -0.39 is 5.97 Å². The topological polar surface area (TPSA) is 78.8 Å². The molecule has 0 spiro atoms. The number of unbranched alkanes of at least 4 members (excludes halogenated alkanes) is 2. The molecule has 1 atom stereocenters. The largest absolute Gasteiger partial charge is 0.481 e. The van der Waals surface area contributed by atoms with E-state index in [0.29, 0.717) is 11.6 Å². The zero-order chi connectivity index (χ0) is 17.6. The second kappa shape index (κ2) is 8.16. The van der Waals surface area contributed by atoms with Crippen molar-refractivity contribution in [2.75, 3.05) is 0 Å². The highest BCUT2D eigenvalue weighted by molar-refractivity contribution is 8.15. The number of thioether (sulfide) groups is 1. The Kier molecular flexibility index (Phi) is 5.71. The third-order valence-corrected chi connectivity index (χ3v) is 5.25. The van der Waals surface area contributed by atoms with E-state index in [-0.39, 0.29) is 17.6 Å². The molecule has 6 heteroatoms. The van der Waals surface area contributed by atoms with Gasteiger partial charge in [-0.3, -0.25) is 9.59 Å². The summed E-state index contributed by atoms with van der Waals surface area (Å²) in [6, 6.07) is 14.1. The van der Waals surface area contributed by atoms with Crippen molar-refractivity contribution in [3.05, 3.63) is 42.5 Å². The Bertz CT molecular complexity index is 819. The summed E-state index contributed by atoms with van der Waals surface area (Å²) < 4.78 is 0. The zero-order valence-electron chi connectivity index (χ0n) is 13.8. The van der Waals surface area contributed by atoms with Gasteiger partial charge in [0.25, 0.3) is 0 Å². The summed E-state index contributed by atoms with van der Waals surface area (Å²) in [5.74, 6) is -0.777. The van der Waals surface area contributed by atoms with Crippen molar-refractivity contribution in [1.82, 2.24) is 5.32 Å². The number of benzene rings is 2. The molecule has 0 aliphatic carbocycles. The van der Waals surface area contributed by atoms with Crippen LogP contribution in [0.4, 0.5) is 5.69 Å².